The molecule has 0 radical (unpaired) electrons. The van der Waals surface area contributed by atoms with E-state index in [4.69, 9.17) is 11.6 Å². The number of aliphatic carboxylic acids is 1. The fourth-order valence-corrected chi connectivity index (χ4v) is 4.46. The normalized spacial score (nSPS) is 26.8. The number of hydrogen-bond donors (Lipinski definition) is 1. The minimum atomic E-state index is -0.850. The van der Waals surface area contributed by atoms with Crippen LogP contribution in [0.15, 0.2) is 48.5 Å². The van der Waals surface area contributed by atoms with Crippen LogP contribution in [0.3, 0.4) is 0 Å². The molecule has 1 amide bonds. The molecule has 4 nitrogen and oxygen atoms in total. The fraction of sp³-hybridized carbons (Fsp3) is 0.364. The van der Waals surface area contributed by atoms with Crippen LogP contribution >= 0.6 is 11.6 Å². The second kappa shape index (κ2) is 7.01. The smallest absolute Gasteiger partial charge is 0.308 e. The minimum Gasteiger partial charge on any atom is -0.481 e. The fourth-order valence-electron chi connectivity index (χ4n) is 4.33. The number of nitrogens with zero attached hydrogens (tertiary/aromatic N) is 1. The standard InChI is InChI=1S/C22H22ClNO3/c1-13-4-2-3-5-16(13)17-10-18(17)21(25)24-11-19(20(12-24)22(26)27)14-6-8-15(23)9-7-14/h2-9,17-20H,10-12H2,1H3,(H,26,27)/t17?,18?,19-,20+/m0/s1. The molecule has 1 saturated carbocycles. The number of aryl methyl sites for hydroxylation is 1. The molecule has 0 bridgehead atoms. The summed E-state index contributed by atoms with van der Waals surface area (Å²) in [5.74, 6) is -1.30. The zero-order chi connectivity index (χ0) is 19.1. The van der Waals surface area contributed by atoms with Crippen LogP contribution < -0.4 is 0 Å². The first kappa shape index (κ1) is 18.1. The molecule has 27 heavy (non-hydrogen) atoms. The summed E-state index contributed by atoms with van der Waals surface area (Å²) < 4.78 is 0. The lowest BCUT2D eigenvalue weighted by atomic mass is 9.89. The summed E-state index contributed by atoms with van der Waals surface area (Å²) in [6, 6.07) is 15.5. The zero-order valence-electron chi connectivity index (χ0n) is 15.1. The summed E-state index contributed by atoms with van der Waals surface area (Å²) in [4.78, 5) is 26.5. The van der Waals surface area contributed by atoms with Gasteiger partial charge in [-0.05, 0) is 48.1 Å². The van der Waals surface area contributed by atoms with Gasteiger partial charge in [0.05, 0.1) is 5.92 Å². The van der Waals surface area contributed by atoms with E-state index in [9.17, 15) is 14.7 Å². The third kappa shape index (κ3) is 3.46. The highest BCUT2D eigenvalue weighted by Gasteiger charge is 2.49. The van der Waals surface area contributed by atoms with Gasteiger partial charge in [0.1, 0.15) is 0 Å². The Labute approximate surface area is 163 Å². The molecule has 2 fully saturated rings. The van der Waals surface area contributed by atoms with Gasteiger partial charge in [-0.15, -0.1) is 0 Å². The van der Waals surface area contributed by atoms with Crippen molar-refractivity contribution in [3.8, 4) is 0 Å². The third-order valence-electron chi connectivity index (χ3n) is 5.94. The van der Waals surface area contributed by atoms with Crippen LogP contribution in [0.5, 0.6) is 0 Å². The largest absolute Gasteiger partial charge is 0.481 e. The number of amides is 1. The van der Waals surface area contributed by atoms with Crippen LogP contribution in [0.4, 0.5) is 0 Å². The number of carboxylic acid groups (broad SMARTS) is 1. The molecule has 2 aromatic rings. The number of rotatable bonds is 4. The summed E-state index contributed by atoms with van der Waals surface area (Å²) in [6.07, 6.45) is 0.851. The molecule has 140 valence electrons. The molecular formula is C22H22ClNO3. The van der Waals surface area contributed by atoms with Crippen molar-refractivity contribution in [3.05, 3.63) is 70.2 Å². The van der Waals surface area contributed by atoms with Gasteiger partial charge in [-0.1, -0.05) is 48.0 Å². The van der Waals surface area contributed by atoms with Crippen LogP contribution in [0, 0.1) is 18.8 Å². The van der Waals surface area contributed by atoms with Crippen LogP contribution in [0.2, 0.25) is 5.02 Å². The average molecular weight is 384 g/mol. The van der Waals surface area contributed by atoms with E-state index in [0.29, 0.717) is 11.6 Å². The monoisotopic (exact) mass is 383 g/mol. The van der Waals surface area contributed by atoms with Crippen molar-refractivity contribution in [2.75, 3.05) is 13.1 Å². The van der Waals surface area contributed by atoms with Crippen LogP contribution in [-0.4, -0.2) is 35.0 Å². The molecule has 2 aromatic carbocycles. The van der Waals surface area contributed by atoms with Crippen molar-refractivity contribution < 1.29 is 14.7 Å². The molecule has 1 saturated heterocycles. The van der Waals surface area contributed by atoms with E-state index in [1.807, 2.05) is 24.3 Å². The van der Waals surface area contributed by atoms with Gasteiger partial charge in [-0.3, -0.25) is 9.59 Å². The summed E-state index contributed by atoms with van der Waals surface area (Å²) >= 11 is 5.95. The first-order valence-corrected chi connectivity index (χ1v) is 9.66. The lowest BCUT2D eigenvalue weighted by Crippen LogP contribution is -2.31. The molecule has 4 atom stereocenters. The van der Waals surface area contributed by atoms with E-state index in [2.05, 4.69) is 19.1 Å². The van der Waals surface area contributed by atoms with Gasteiger partial charge in [0.25, 0.3) is 0 Å². The molecule has 1 aliphatic carbocycles. The van der Waals surface area contributed by atoms with Gasteiger partial charge in [0.15, 0.2) is 0 Å². The van der Waals surface area contributed by atoms with E-state index in [0.717, 1.165) is 12.0 Å². The highest BCUT2D eigenvalue weighted by molar-refractivity contribution is 6.30. The Morgan fingerprint density at radius 2 is 1.70 bits per heavy atom. The van der Waals surface area contributed by atoms with Gasteiger partial charge in [-0.25, -0.2) is 0 Å². The highest BCUT2D eigenvalue weighted by Crippen LogP contribution is 2.50. The van der Waals surface area contributed by atoms with Crippen molar-refractivity contribution in [1.82, 2.24) is 4.90 Å². The molecule has 0 aromatic heterocycles. The molecular weight excluding hydrogens is 362 g/mol. The average Bonchev–Trinajstić information content (AvgIpc) is 3.31. The Hall–Kier alpha value is -2.33. The Morgan fingerprint density at radius 1 is 1.00 bits per heavy atom. The Kier molecular flexibility index (Phi) is 4.68. The number of halogens is 1. The lowest BCUT2D eigenvalue weighted by molar-refractivity contribution is -0.142. The number of likely N-dealkylation sites (tertiary alicyclic amines) is 1. The number of hydrogen-bond acceptors (Lipinski definition) is 2. The van der Waals surface area contributed by atoms with Gasteiger partial charge in [0, 0.05) is 29.9 Å². The quantitative estimate of drug-likeness (QED) is 0.865. The topological polar surface area (TPSA) is 57.6 Å². The van der Waals surface area contributed by atoms with Crippen molar-refractivity contribution >= 4 is 23.5 Å². The highest BCUT2D eigenvalue weighted by atomic mass is 35.5. The zero-order valence-corrected chi connectivity index (χ0v) is 15.9. The SMILES string of the molecule is Cc1ccccc1C1CC1C(=O)N1C[C@@H](C(=O)O)[C@H](c2ccc(Cl)cc2)C1. The first-order chi connectivity index (χ1) is 13.0. The molecule has 1 aliphatic heterocycles. The molecule has 0 spiro atoms. The predicted octanol–water partition coefficient (Wildman–Crippen LogP) is 4.08. The van der Waals surface area contributed by atoms with Crippen LogP contribution in [0.25, 0.3) is 0 Å². The first-order valence-electron chi connectivity index (χ1n) is 9.28. The molecule has 5 heteroatoms. The van der Waals surface area contributed by atoms with E-state index >= 15 is 0 Å². The second-order valence-corrected chi connectivity index (χ2v) is 8.09. The maximum atomic E-state index is 13.0. The van der Waals surface area contributed by atoms with E-state index in [-0.39, 0.29) is 30.2 Å². The minimum absolute atomic E-state index is 0.0236. The molecule has 1 N–H and O–H groups in total. The van der Waals surface area contributed by atoms with E-state index in [1.54, 1.807) is 17.0 Å². The Balaban J connectivity index is 1.50. The Bertz CT molecular complexity index is 879. The van der Waals surface area contributed by atoms with Crippen LogP contribution in [-0.2, 0) is 9.59 Å². The van der Waals surface area contributed by atoms with Gasteiger partial charge >= 0.3 is 5.97 Å². The molecule has 4 rings (SSSR count). The maximum absolute atomic E-state index is 13.0. The third-order valence-corrected chi connectivity index (χ3v) is 6.19. The summed E-state index contributed by atoms with van der Waals surface area (Å²) in [6.45, 7) is 2.80. The molecule has 2 aliphatic rings. The molecule has 1 heterocycles. The predicted molar refractivity (Wildman–Crippen MR) is 104 cm³/mol. The van der Waals surface area contributed by atoms with E-state index < -0.39 is 11.9 Å². The number of carbonyl (C=O) groups is 2. The van der Waals surface area contributed by atoms with Gasteiger partial charge in [-0.2, -0.15) is 0 Å². The summed E-state index contributed by atoms with van der Waals surface area (Å²) in [7, 11) is 0. The maximum Gasteiger partial charge on any atom is 0.308 e. The number of carboxylic acids is 1. The van der Waals surface area contributed by atoms with Crippen molar-refractivity contribution in [2.45, 2.75) is 25.2 Å². The number of carbonyl (C=O) groups excluding carboxylic acids is 1. The van der Waals surface area contributed by atoms with Crippen molar-refractivity contribution in [1.29, 1.82) is 0 Å². The van der Waals surface area contributed by atoms with Crippen molar-refractivity contribution in [2.24, 2.45) is 11.8 Å². The second-order valence-electron chi connectivity index (χ2n) is 7.65. The molecule has 2 unspecified atom stereocenters. The van der Waals surface area contributed by atoms with Crippen molar-refractivity contribution in [3.63, 3.8) is 0 Å². The van der Waals surface area contributed by atoms with Gasteiger partial charge in [0.2, 0.25) is 5.91 Å². The summed E-state index contributed by atoms with van der Waals surface area (Å²) in [5, 5.41) is 10.3. The van der Waals surface area contributed by atoms with Gasteiger partial charge < -0.3 is 10.0 Å². The number of benzene rings is 2. The lowest BCUT2D eigenvalue weighted by Gasteiger charge is -2.17. The van der Waals surface area contributed by atoms with E-state index in [1.165, 1.54) is 11.1 Å². The summed E-state index contributed by atoms with van der Waals surface area (Å²) in [5.41, 5.74) is 3.37. The van der Waals surface area contributed by atoms with Crippen LogP contribution in [0.1, 0.15) is 34.9 Å². The Morgan fingerprint density at radius 3 is 2.37 bits per heavy atom.